The van der Waals surface area contributed by atoms with E-state index in [1.54, 1.807) is 6.20 Å². The zero-order valence-corrected chi connectivity index (χ0v) is 22.0. The number of aliphatic carboxylic acids is 2. The molecule has 0 saturated carbocycles. The van der Waals surface area contributed by atoms with Crippen molar-refractivity contribution in [2.24, 2.45) is 0 Å². The number of ether oxygens (including phenoxy) is 1. The van der Waals surface area contributed by atoms with Gasteiger partial charge in [0.05, 0.1) is 0 Å². The number of fused-ring (bicyclic) bond motifs is 4. The summed E-state index contributed by atoms with van der Waals surface area (Å²) in [7, 11) is 0. The van der Waals surface area contributed by atoms with Crippen molar-refractivity contribution in [3.63, 3.8) is 0 Å². The van der Waals surface area contributed by atoms with E-state index in [1.165, 1.54) is 0 Å². The zero-order valence-electron chi connectivity index (χ0n) is 22.0. The van der Waals surface area contributed by atoms with E-state index in [9.17, 15) is 24.3 Å². The van der Waals surface area contributed by atoms with Crippen LogP contribution in [0.1, 0.15) is 35.4 Å². The first kappa shape index (κ1) is 27.4. The van der Waals surface area contributed by atoms with Gasteiger partial charge in [0.2, 0.25) is 5.91 Å². The topological polar surface area (TPSA) is 158 Å². The lowest BCUT2D eigenvalue weighted by molar-refractivity contribution is -0.143. The van der Waals surface area contributed by atoms with Crippen molar-refractivity contribution in [3.05, 3.63) is 95.7 Å². The number of nitrogens with one attached hydrogen (secondary N) is 3. The molecule has 2 amide bonds. The van der Waals surface area contributed by atoms with E-state index in [4.69, 9.17) is 9.84 Å². The average Bonchev–Trinajstić information content (AvgIpc) is 3.52. The number of hydrogen-bond donors (Lipinski definition) is 5. The molecule has 0 fully saturated rings. The molecule has 0 aliphatic heterocycles. The number of carbonyl (C=O) groups is 4. The molecule has 210 valence electrons. The largest absolute Gasteiger partial charge is 0.481 e. The van der Waals surface area contributed by atoms with Crippen LogP contribution >= 0.6 is 0 Å². The Hall–Kier alpha value is -5.12. The average molecular weight is 556 g/mol. The number of H-pyrrole nitrogens is 1. The van der Waals surface area contributed by atoms with E-state index >= 15 is 0 Å². The van der Waals surface area contributed by atoms with Crippen molar-refractivity contribution < 1.29 is 34.1 Å². The van der Waals surface area contributed by atoms with Crippen LogP contribution in [0.2, 0.25) is 0 Å². The van der Waals surface area contributed by atoms with E-state index in [0.29, 0.717) is 0 Å². The minimum absolute atomic E-state index is 0.0393. The number of amides is 2. The maximum Gasteiger partial charge on any atom is 0.407 e. The number of aromatic nitrogens is 1. The number of carboxylic acids is 2. The lowest BCUT2D eigenvalue weighted by Crippen LogP contribution is -2.52. The van der Waals surface area contributed by atoms with Crippen LogP contribution in [0.3, 0.4) is 0 Å². The predicted molar refractivity (Wildman–Crippen MR) is 150 cm³/mol. The fourth-order valence-electron chi connectivity index (χ4n) is 5.31. The molecule has 1 aromatic heterocycles. The second-order valence-electron chi connectivity index (χ2n) is 9.92. The summed E-state index contributed by atoms with van der Waals surface area (Å²) in [6.07, 6.45) is 0.198. The molecule has 10 heteroatoms. The number of carbonyl (C=O) groups excluding carboxylic acids is 2. The molecule has 2 atom stereocenters. The Morgan fingerprint density at radius 2 is 1.46 bits per heavy atom. The zero-order chi connectivity index (χ0) is 28.9. The van der Waals surface area contributed by atoms with Gasteiger partial charge in [0.25, 0.3) is 0 Å². The molecule has 5 rings (SSSR count). The number of rotatable bonds is 11. The van der Waals surface area contributed by atoms with E-state index in [-0.39, 0.29) is 25.4 Å². The maximum absolute atomic E-state index is 13.3. The van der Waals surface area contributed by atoms with Crippen molar-refractivity contribution >= 4 is 34.8 Å². The Labute approximate surface area is 235 Å². The first-order valence-corrected chi connectivity index (χ1v) is 13.2. The van der Waals surface area contributed by atoms with Crippen LogP contribution in [0.15, 0.2) is 79.0 Å². The Kier molecular flexibility index (Phi) is 8.00. The Balaban J connectivity index is 1.32. The third-order valence-electron chi connectivity index (χ3n) is 7.31. The van der Waals surface area contributed by atoms with Crippen molar-refractivity contribution in [3.8, 4) is 11.1 Å². The van der Waals surface area contributed by atoms with Crippen molar-refractivity contribution in [2.45, 2.75) is 37.3 Å². The van der Waals surface area contributed by atoms with Gasteiger partial charge in [-0.1, -0.05) is 66.7 Å². The Morgan fingerprint density at radius 1 is 0.829 bits per heavy atom. The van der Waals surface area contributed by atoms with Gasteiger partial charge in [-0.3, -0.25) is 9.59 Å². The Morgan fingerprint density at radius 3 is 2.12 bits per heavy atom. The lowest BCUT2D eigenvalue weighted by Gasteiger charge is -2.22. The van der Waals surface area contributed by atoms with Gasteiger partial charge in [0.1, 0.15) is 18.7 Å². The molecule has 1 aliphatic carbocycles. The van der Waals surface area contributed by atoms with E-state index < -0.39 is 42.4 Å². The first-order chi connectivity index (χ1) is 19.8. The van der Waals surface area contributed by atoms with Crippen LogP contribution in [-0.2, 0) is 25.5 Å². The number of aromatic amines is 1. The number of hydrogen-bond acceptors (Lipinski definition) is 5. The lowest BCUT2D eigenvalue weighted by atomic mass is 9.98. The molecule has 0 bridgehead atoms. The van der Waals surface area contributed by atoms with Crippen LogP contribution in [0.5, 0.6) is 0 Å². The van der Waals surface area contributed by atoms with Gasteiger partial charge in [-0.2, -0.15) is 0 Å². The van der Waals surface area contributed by atoms with Crippen LogP contribution in [-0.4, -0.2) is 57.8 Å². The summed E-state index contributed by atoms with van der Waals surface area (Å²) in [6, 6.07) is 20.7. The molecule has 0 spiro atoms. The predicted octanol–water partition coefficient (Wildman–Crippen LogP) is 4.05. The molecule has 0 saturated heterocycles. The van der Waals surface area contributed by atoms with Crippen LogP contribution in [0.4, 0.5) is 4.79 Å². The minimum atomic E-state index is -1.44. The van der Waals surface area contributed by atoms with Gasteiger partial charge in [0.15, 0.2) is 0 Å². The van der Waals surface area contributed by atoms with Crippen molar-refractivity contribution in [1.29, 1.82) is 0 Å². The minimum Gasteiger partial charge on any atom is -0.481 e. The van der Waals surface area contributed by atoms with Gasteiger partial charge >= 0.3 is 18.0 Å². The van der Waals surface area contributed by atoms with Gasteiger partial charge in [-0.15, -0.1) is 0 Å². The molecular weight excluding hydrogens is 526 g/mol. The summed E-state index contributed by atoms with van der Waals surface area (Å²) in [4.78, 5) is 52.1. The highest BCUT2D eigenvalue weighted by Crippen LogP contribution is 2.44. The molecular formula is C31H29N3O7. The van der Waals surface area contributed by atoms with E-state index in [1.807, 2.05) is 72.8 Å². The van der Waals surface area contributed by atoms with Crippen molar-refractivity contribution in [2.75, 3.05) is 6.61 Å². The highest BCUT2D eigenvalue weighted by molar-refractivity contribution is 5.91. The summed E-state index contributed by atoms with van der Waals surface area (Å²) in [6.45, 7) is 0.0393. The summed E-state index contributed by atoms with van der Waals surface area (Å²) >= 11 is 0. The fraction of sp³-hybridized carbons (Fsp3) is 0.226. The van der Waals surface area contributed by atoms with Crippen molar-refractivity contribution in [1.82, 2.24) is 15.6 Å². The molecule has 5 N–H and O–H groups in total. The second-order valence-corrected chi connectivity index (χ2v) is 9.92. The fourth-order valence-corrected chi connectivity index (χ4v) is 5.31. The summed E-state index contributed by atoms with van der Waals surface area (Å²) < 4.78 is 5.63. The highest BCUT2D eigenvalue weighted by Gasteiger charge is 2.31. The molecule has 3 aromatic carbocycles. The normalized spacial score (nSPS) is 13.6. The molecule has 1 heterocycles. The number of alkyl carbamates (subject to hydrolysis) is 1. The number of carboxylic acid groups (broad SMARTS) is 2. The maximum atomic E-state index is 13.3. The SMILES string of the molecule is O=C(O)CC[C@H](NC(=O)[C@H](Cc1c[nH]c2ccccc12)NC(=O)OCC1c2ccccc2-c2ccccc21)C(=O)O. The Bertz CT molecular complexity index is 1570. The molecule has 0 unspecified atom stereocenters. The third-order valence-corrected chi connectivity index (χ3v) is 7.31. The van der Waals surface area contributed by atoms with Gasteiger partial charge in [0, 0.05) is 35.9 Å². The van der Waals surface area contributed by atoms with Gasteiger partial charge in [-0.05, 0) is 40.3 Å². The molecule has 1 aliphatic rings. The quantitative estimate of drug-likeness (QED) is 0.187. The summed E-state index contributed by atoms with van der Waals surface area (Å²) in [5.41, 5.74) is 5.81. The van der Waals surface area contributed by atoms with Crippen LogP contribution in [0.25, 0.3) is 22.0 Å². The van der Waals surface area contributed by atoms with E-state index in [0.717, 1.165) is 38.7 Å². The van der Waals surface area contributed by atoms with Crippen LogP contribution in [0, 0.1) is 0 Å². The summed E-state index contributed by atoms with van der Waals surface area (Å²) in [5, 5.41) is 24.3. The molecule has 41 heavy (non-hydrogen) atoms. The van der Waals surface area contributed by atoms with Crippen LogP contribution < -0.4 is 10.6 Å². The van der Waals surface area contributed by atoms with Gasteiger partial charge < -0.3 is 30.6 Å². The molecule has 0 radical (unpaired) electrons. The monoisotopic (exact) mass is 555 g/mol. The van der Waals surface area contributed by atoms with E-state index in [2.05, 4.69) is 15.6 Å². The smallest absolute Gasteiger partial charge is 0.407 e. The number of para-hydroxylation sites is 1. The van der Waals surface area contributed by atoms with Gasteiger partial charge in [-0.25, -0.2) is 9.59 Å². The number of benzene rings is 3. The first-order valence-electron chi connectivity index (χ1n) is 13.2. The molecule has 4 aromatic rings. The third kappa shape index (κ3) is 6.06. The molecule has 10 nitrogen and oxygen atoms in total. The standard InChI is InChI=1S/C31H29N3O7/c35-28(36)14-13-26(30(38)39)33-29(37)27(15-18-16-32-25-12-6-5-7-19(18)25)34-31(40)41-17-24-22-10-3-1-8-20(22)21-9-2-4-11-23(21)24/h1-12,16,24,26-27,32H,13-15,17H2,(H,33,37)(H,34,40)(H,35,36)(H,38,39)/t26-,27-/m0/s1. The second kappa shape index (κ2) is 12.0. The highest BCUT2D eigenvalue weighted by atomic mass is 16.5. The summed E-state index contributed by atoms with van der Waals surface area (Å²) in [5.74, 6) is -3.49.